The molecule has 11 aromatic rings. The van der Waals surface area contributed by atoms with Gasteiger partial charge in [0.2, 0.25) is 0 Å². The van der Waals surface area contributed by atoms with E-state index in [0.29, 0.717) is 0 Å². The van der Waals surface area contributed by atoms with E-state index in [9.17, 15) is 0 Å². The summed E-state index contributed by atoms with van der Waals surface area (Å²) in [7, 11) is 0. The Bertz CT molecular complexity index is 3210. The summed E-state index contributed by atoms with van der Waals surface area (Å²) in [6.07, 6.45) is 0. The first-order valence-electron chi connectivity index (χ1n) is 17.8. The minimum Gasteiger partial charge on any atom is -0.309 e. The highest BCUT2D eigenvalue weighted by atomic mass is 32.2. The van der Waals surface area contributed by atoms with Crippen molar-refractivity contribution in [3.8, 4) is 28.2 Å². The average molecular weight is 680 g/mol. The Morgan fingerprint density at radius 1 is 0.308 bits per heavy atom. The molecule has 8 aromatic carbocycles. The summed E-state index contributed by atoms with van der Waals surface area (Å²) in [6, 6.07) is 64.7. The zero-order valence-electron chi connectivity index (χ0n) is 28.0. The fraction of sp³-hybridized carbons (Fsp3) is 0. The topological polar surface area (TPSA) is 14.8 Å². The van der Waals surface area contributed by atoms with Crippen molar-refractivity contribution in [1.29, 1.82) is 0 Å². The smallest absolute Gasteiger partial charge is 0.0681 e. The van der Waals surface area contributed by atoms with Crippen molar-refractivity contribution in [2.75, 3.05) is 0 Å². The molecule has 0 saturated carbocycles. The van der Waals surface area contributed by atoms with Crippen molar-refractivity contribution in [2.45, 2.75) is 9.79 Å². The highest BCUT2D eigenvalue weighted by Crippen LogP contribution is 2.48. The molecule has 0 unspecified atom stereocenters. The average Bonchev–Trinajstić information content (AvgIpc) is 3.84. The highest BCUT2D eigenvalue weighted by molar-refractivity contribution is 7.99. The number of aromatic nitrogens is 3. The van der Waals surface area contributed by atoms with E-state index in [-0.39, 0.29) is 0 Å². The lowest BCUT2D eigenvalue weighted by Crippen LogP contribution is -2.01. The quantitative estimate of drug-likeness (QED) is 0.181. The molecule has 4 heteroatoms. The third-order valence-electron chi connectivity index (χ3n) is 11.0. The summed E-state index contributed by atoms with van der Waals surface area (Å²) >= 11 is 1.88. The molecule has 242 valence electrons. The van der Waals surface area contributed by atoms with Gasteiger partial charge < -0.3 is 13.7 Å². The zero-order chi connectivity index (χ0) is 33.9. The third-order valence-corrected chi connectivity index (χ3v) is 12.1. The van der Waals surface area contributed by atoms with E-state index in [2.05, 4.69) is 190 Å². The van der Waals surface area contributed by atoms with Gasteiger partial charge in [-0.25, -0.2) is 0 Å². The van der Waals surface area contributed by atoms with Crippen LogP contribution in [0.5, 0.6) is 0 Å². The molecular weight excluding hydrogens is 651 g/mol. The van der Waals surface area contributed by atoms with Gasteiger partial charge in [-0.1, -0.05) is 109 Å². The van der Waals surface area contributed by atoms with Crippen LogP contribution in [0.15, 0.2) is 186 Å². The molecule has 0 N–H and O–H groups in total. The monoisotopic (exact) mass is 679 g/mol. The van der Waals surface area contributed by atoms with Crippen molar-refractivity contribution in [3.05, 3.63) is 176 Å². The SMILES string of the molecule is c1ccc2c(c1)Sc1cc(-c3ccc(-n4c5ccccc5c5cc(-n6c7ccccc7c7ccccc76)ccc54)cc3)cc3c4ccccc4n-2c13. The minimum atomic E-state index is 1.15. The van der Waals surface area contributed by atoms with E-state index in [1.54, 1.807) is 0 Å². The van der Waals surface area contributed by atoms with Gasteiger partial charge in [-0.2, -0.15) is 0 Å². The van der Waals surface area contributed by atoms with E-state index in [1.807, 2.05) is 11.8 Å². The van der Waals surface area contributed by atoms with Gasteiger partial charge in [0.1, 0.15) is 0 Å². The lowest BCUT2D eigenvalue weighted by atomic mass is 10.0. The Kier molecular flexibility index (Phi) is 5.71. The Balaban J connectivity index is 1.01. The summed E-state index contributed by atoms with van der Waals surface area (Å²) in [5.41, 5.74) is 13.5. The van der Waals surface area contributed by atoms with Crippen molar-refractivity contribution in [1.82, 2.24) is 13.7 Å². The predicted molar refractivity (Wildman–Crippen MR) is 219 cm³/mol. The summed E-state index contributed by atoms with van der Waals surface area (Å²) in [5, 5.41) is 7.65. The molecule has 0 fully saturated rings. The van der Waals surface area contributed by atoms with Gasteiger partial charge in [-0.3, -0.25) is 0 Å². The maximum absolute atomic E-state index is 2.45. The first-order valence-corrected chi connectivity index (χ1v) is 18.6. The molecule has 0 bridgehead atoms. The molecule has 1 aliphatic rings. The molecule has 0 amide bonds. The molecule has 0 radical (unpaired) electrons. The first-order chi connectivity index (χ1) is 25.8. The molecule has 0 spiro atoms. The number of hydrogen-bond donors (Lipinski definition) is 0. The van der Waals surface area contributed by atoms with E-state index >= 15 is 0 Å². The maximum Gasteiger partial charge on any atom is 0.0681 e. The maximum atomic E-state index is 2.45. The van der Waals surface area contributed by atoms with Gasteiger partial charge in [0.05, 0.1) is 38.8 Å². The van der Waals surface area contributed by atoms with E-state index in [1.165, 1.54) is 97.7 Å². The van der Waals surface area contributed by atoms with Gasteiger partial charge >= 0.3 is 0 Å². The van der Waals surface area contributed by atoms with Crippen molar-refractivity contribution in [2.24, 2.45) is 0 Å². The number of benzene rings is 8. The van der Waals surface area contributed by atoms with Crippen molar-refractivity contribution in [3.63, 3.8) is 0 Å². The zero-order valence-corrected chi connectivity index (χ0v) is 28.8. The molecule has 3 aromatic heterocycles. The molecule has 4 heterocycles. The predicted octanol–water partition coefficient (Wildman–Crippen LogP) is 13.1. The molecule has 3 nitrogen and oxygen atoms in total. The van der Waals surface area contributed by atoms with Crippen LogP contribution in [-0.4, -0.2) is 13.7 Å². The Morgan fingerprint density at radius 2 is 0.808 bits per heavy atom. The highest BCUT2D eigenvalue weighted by Gasteiger charge is 2.24. The van der Waals surface area contributed by atoms with Gasteiger partial charge in [0.15, 0.2) is 0 Å². The summed E-state index contributed by atoms with van der Waals surface area (Å²) in [5.74, 6) is 0. The fourth-order valence-corrected chi connectivity index (χ4v) is 9.92. The van der Waals surface area contributed by atoms with Crippen LogP contribution in [0.1, 0.15) is 0 Å². The van der Waals surface area contributed by atoms with Crippen molar-refractivity contribution >= 4 is 77.2 Å². The van der Waals surface area contributed by atoms with Crippen LogP contribution in [0, 0.1) is 0 Å². The summed E-state index contributed by atoms with van der Waals surface area (Å²) < 4.78 is 7.27. The second kappa shape index (κ2) is 10.5. The van der Waals surface area contributed by atoms with Gasteiger partial charge in [0, 0.05) is 53.5 Å². The minimum absolute atomic E-state index is 1.15. The number of para-hydroxylation sites is 5. The van der Waals surface area contributed by atoms with Gasteiger partial charge in [-0.15, -0.1) is 0 Å². The molecular formula is C48H29N3S. The molecule has 0 saturated heterocycles. The van der Waals surface area contributed by atoms with Crippen LogP contribution < -0.4 is 0 Å². The fourth-order valence-electron chi connectivity index (χ4n) is 8.78. The number of fused-ring (bicyclic) bond motifs is 11. The Morgan fingerprint density at radius 3 is 1.48 bits per heavy atom. The van der Waals surface area contributed by atoms with E-state index in [0.717, 1.165) is 5.69 Å². The normalized spacial score (nSPS) is 12.5. The molecule has 1 aliphatic heterocycles. The van der Waals surface area contributed by atoms with Crippen LogP contribution >= 0.6 is 11.8 Å². The molecule has 52 heavy (non-hydrogen) atoms. The summed E-state index contributed by atoms with van der Waals surface area (Å²) in [6.45, 7) is 0. The number of rotatable bonds is 3. The Hall–Kier alpha value is -6.49. The third kappa shape index (κ3) is 3.82. The van der Waals surface area contributed by atoms with Crippen LogP contribution in [0.25, 0.3) is 93.6 Å². The lowest BCUT2D eigenvalue weighted by Gasteiger charge is -2.20. The van der Waals surface area contributed by atoms with Crippen molar-refractivity contribution < 1.29 is 0 Å². The molecule has 0 atom stereocenters. The van der Waals surface area contributed by atoms with E-state index < -0.39 is 0 Å². The standard InChI is InChI=1S/C48H29N3S/c1-5-15-40-34(11-1)35-12-2-6-16-41(35)50(40)33-25-26-44-38(29-33)36-13-3-7-17-42(36)49(44)32-23-21-30(22-24-32)31-27-39-37-14-4-8-18-43(37)51-45-19-9-10-20-46(45)52-47(28-31)48(39)51/h1-29H. The van der Waals surface area contributed by atoms with Gasteiger partial charge in [0.25, 0.3) is 0 Å². The van der Waals surface area contributed by atoms with Crippen LogP contribution in [0.2, 0.25) is 0 Å². The Labute approximate surface area is 303 Å². The summed E-state index contributed by atoms with van der Waals surface area (Å²) in [4.78, 5) is 2.59. The van der Waals surface area contributed by atoms with Crippen LogP contribution in [-0.2, 0) is 0 Å². The molecule has 0 aliphatic carbocycles. The van der Waals surface area contributed by atoms with Crippen LogP contribution in [0.4, 0.5) is 0 Å². The molecule has 12 rings (SSSR count). The van der Waals surface area contributed by atoms with Gasteiger partial charge in [-0.05, 0) is 90.0 Å². The lowest BCUT2D eigenvalue weighted by molar-refractivity contribution is 1.09. The van der Waals surface area contributed by atoms with Crippen LogP contribution in [0.3, 0.4) is 0 Å². The first kappa shape index (κ1) is 28.2. The number of hydrogen-bond acceptors (Lipinski definition) is 1. The van der Waals surface area contributed by atoms with E-state index in [4.69, 9.17) is 0 Å². The number of nitrogens with zero attached hydrogens (tertiary/aromatic N) is 3. The second-order valence-corrected chi connectivity index (χ2v) is 14.8. The second-order valence-electron chi connectivity index (χ2n) is 13.8. The largest absolute Gasteiger partial charge is 0.309 e.